The van der Waals surface area contributed by atoms with E-state index in [-0.39, 0.29) is 17.1 Å². The molecule has 110 valence electrons. The molecule has 5 heteroatoms. The highest BCUT2D eigenvalue weighted by Gasteiger charge is 2.23. The van der Waals surface area contributed by atoms with Crippen LogP contribution in [-0.4, -0.2) is 28.1 Å². The zero-order valence-electron chi connectivity index (χ0n) is 11.7. The van der Waals surface area contributed by atoms with Crippen molar-refractivity contribution in [2.75, 3.05) is 7.05 Å². The van der Waals surface area contributed by atoms with Gasteiger partial charge in [-0.25, -0.2) is 4.39 Å². The van der Waals surface area contributed by atoms with Gasteiger partial charge >= 0.3 is 0 Å². The van der Waals surface area contributed by atoms with Crippen molar-refractivity contribution in [2.45, 2.75) is 13.0 Å². The number of carbonyl (C=O) groups is 1. The lowest BCUT2D eigenvalue weighted by molar-refractivity contribution is 0.0737. The summed E-state index contributed by atoms with van der Waals surface area (Å²) in [5.41, 5.74) is 0.355. The molecular formula is C16H16FNO3. The first kappa shape index (κ1) is 14.8. The molecule has 21 heavy (non-hydrogen) atoms. The van der Waals surface area contributed by atoms with Crippen LogP contribution in [0.1, 0.15) is 28.9 Å². The van der Waals surface area contributed by atoms with Gasteiger partial charge in [-0.1, -0.05) is 18.2 Å². The summed E-state index contributed by atoms with van der Waals surface area (Å²) in [5, 5.41) is 19.2. The SMILES string of the molecule is CC(c1ccccc1F)N(C)C(=O)c1cc(O)ccc1O. The Bertz CT molecular complexity index is 672. The maximum atomic E-state index is 13.8. The highest BCUT2D eigenvalue weighted by atomic mass is 19.1. The van der Waals surface area contributed by atoms with Gasteiger partial charge in [-0.05, 0) is 31.2 Å². The fourth-order valence-electron chi connectivity index (χ4n) is 2.08. The highest BCUT2D eigenvalue weighted by molar-refractivity contribution is 5.97. The fourth-order valence-corrected chi connectivity index (χ4v) is 2.08. The standard InChI is InChI=1S/C16H16FNO3/c1-10(12-5-3-4-6-14(12)17)18(2)16(21)13-9-11(19)7-8-15(13)20/h3-10,19-20H,1-2H3. The minimum absolute atomic E-state index is 0.0271. The van der Waals surface area contributed by atoms with Crippen LogP contribution in [0.15, 0.2) is 42.5 Å². The lowest BCUT2D eigenvalue weighted by Gasteiger charge is -2.26. The van der Waals surface area contributed by atoms with E-state index in [1.54, 1.807) is 25.1 Å². The van der Waals surface area contributed by atoms with Crippen molar-refractivity contribution < 1.29 is 19.4 Å². The summed E-state index contributed by atoms with van der Waals surface area (Å²) in [6, 6.07) is 9.40. The van der Waals surface area contributed by atoms with E-state index >= 15 is 0 Å². The summed E-state index contributed by atoms with van der Waals surface area (Å²) in [5.74, 6) is -1.25. The Morgan fingerprint density at radius 3 is 2.52 bits per heavy atom. The van der Waals surface area contributed by atoms with Gasteiger partial charge in [-0.3, -0.25) is 4.79 Å². The van der Waals surface area contributed by atoms with Gasteiger partial charge in [0.25, 0.3) is 5.91 Å². The predicted octanol–water partition coefficient (Wildman–Crippen LogP) is 3.07. The molecule has 0 aliphatic rings. The Balaban J connectivity index is 2.31. The number of nitrogens with zero attached hydrogens (tertiary/aromatic N) is 1. The lowest BCUT2D eigenvalue weighted by Crippen LogP contribution is -2.30. The molecule has 0 saturated heterocycles. The maximum absolute atomic E-state index is 13.8. The molecule has 2 aromatic rings. The van der Waals surface area contributed by atoms with Gasteiger partial charge in [0, 0.05) is 12.6 Å². The van der Waals surface area contributed by atoms with Crippen LogP contribution in [0, 0.1) is 5.82 Å². The molecule has 2 rings (SSSR count). The number of benzene rings is 2. The number of aromatic hydroxyl groups is 2. The monoisotopic (exact) mass is 289 g/mol. The van der Waals surface area contributed by atoms with Gasteiger partial charge in [0.2, 0.25) is 0 Å². The third-order valence-electron chi connectivity index (χ3n) is 3.47. The molecule has 2 aromatic carbocycles. The quantitative estimate of drug-likeness (QED) is 0.854. The van der Waals surface area contributed by atoms with Gasteiger partial charge < -0.3 is 15.1 Å². The second-order valence-electron chi connectivity index (χ2n) is 4.81. The van der Waals surface area contributed by atoms with E-state index in [4.69, 9.17) is 0 Å². The molecule has 0 aromatic heterocycles. The first-order valence-electron chi connectivity index (χ1n) is 6.45. The first-order valence-corrected chi connectivity index (χ1v) is 6.45. The molecule has 0 heterocycles. The summed E-state index contributed by atoms with van der Waals surface area (Å²) >= 11 is 0. The third kappa shape index (κ3) is 2.97. The number of rotatable bonds is 3. The number of phenolic OH excluding ortho intramolecular Hbond substituents is 2. The molecule has 0 aliphatic carbocycles. The number of hydrogen-bond acceptors (Lipinski definition) is 3. The molecule has 0 aliphatic heterocycles. The van der Waals surface area contributed by atoms with Gasteiger partial charge in [0.1, 0.15) is 17.3 Å². The molecule has 1 amide bonds. The highest BCUT2D eigenvalue weighted by Crippen LogP contribution is 2.27. The van der Waals surface area contributed by atoms with E-state index in [0.717, 1.165) is 0 Å². The van der Waals surface area contributed by atoms with Crippen LogP contribution < -0.4 is 0 Å². The normalized spacial score (nSPS) is 12.0. The van der Waals surface area contributed by atoms with Crippen molar-refractivity contribution in [3.8, 4) is 11.5 Å². The topological polar surface area (TPSA) is 60.8 Å². The molecule has 0 fully saturated rings. The Morgan fingerprint density at radius 2 is 1.86 bits per heavy atom. The molecule has 4 nitrogen and oxygen atoms in total. The second kappa shape index (κ2) is 5.83. The molecule has 1 atom stereocenters. The predicted molar refractivity (Wildman–Crippen MR) is 76.7 cm³/mol. The van der Waals surface area contributed by atoms with Crippen LogP contribution >= 0.6 is 0 Å². The summed E-state index contributed by atoms with van der Waals surface area (Å²) < 4.78 is 13.8. The zero-order chi connectivity index (χ0) is 15.6. The summed E-state index contributed by atoms with van der Waals surface area (Å²) in [4.78, 5) is 13.7. The van der Waals surface area contributed by atoms with E-state index in [0.29, 0.717) is 5.56 Å². The zero-order valence-corrected chi connectivity index (χ0v) is 11.7. The van der Waals surface area contributed by atoms with Gasteiger partial charge in [0.15, 0.2) is 0 Å². The summed E-state index contributed by atoms with van der Waals surface area (Å²) in [7, 11) is 1.52. The molecule has 0 radical (unpaired) electrons. The summed E-state index contributed by atoms with van der Waals surface area (Å²) in [6.07, 6.45) is 0. The smallest absolute Gasteiger partial charge is 0.257 e. The first-order chi connectivity index (χ1) is 9.91. The average molecular weight is 289 g/mol. The molecule has 0 spiro atoms. The van der Waals surface area contributed by atoms with E-state index in [1.807, 2.05) is 0 Å². The van der Waals surface area contributed by atoms with Gasteiger partial charge in [-0.15, -0.1) is 0 Å². The van der Waals surface area contributed by atoms with Crippen LogP contribution in [0.5, 0.6) is 11.5 Å². The van der Waals surface area contributed by atoms with Crippen LogP contribution in [0.3, 0.4) is 0 Å². The van der Waals surface area contributed by atoms with Crippen LogP contribution in [-0.2, 0) is 0 Å². The number of halogens is 1. The van der Waals surface area contributed by atoms with Crippen molar-refractivity contribution >= 4 is 5.91 Å². The van der Waals surface area contributed by atoms with E-state index in [2.05, 4.69) is 0 Å². The van der Waals surface area contributed by atoms with E-state index in [9.17, 15) is 19.4 Å². The molecular weight excluding hydrogens is 273 g/mol. The van der Waals surface area contributed by atoms with E-state index in [1.165, 1.54) is 36.2 Å². The van der Waals surface area contributed by atoms with Gasteiger partial charge in [-0.2, -0.15) is 0 Å². The number of hydrogen-bond donors (Lipinski definition) is 2. The number of carbonyl (C=O) groups excluding carboxylic acids is 1. The second-order valence-corrected chi connectivity index (χ2v) is 4.81. The summed E-state index contributed by atoms with van der Waals surface area (Å²) in [6.45, 7) is 1.69. The maximum Gasteiger partial charge on any atom is 0.257 e. The van der Waals surface area contributed by atoms with E-state index < -0.39 is 17.8 Å². The Morgan fingerprint density at radius 1 is 1.19 bits per heavy atom. The Labute approximate surface area is 122 Å². The van der Waals surface area contributed by atoms with Crippen molar-refractivity contribution in [3.05, 3.63) is 59.4 Å². The molecule has 2 N–H and O–H groups in total. The molecule has 0 saturated carbocycles. The Kier molecular flexibility index (Phi) is 4.12. The molecule has 1 unspecified atom stereocenters. The van der Waals surface area contributed by atoms with Crippen molar-refractivity contribution in [1.29, 1.82) is 0 Å². The van der Waals surface area contributed by atoms with Crippen molar-refractivity contribution in [2.24, 2.45) is 0 Å². The largest absolute Gasteiger partial charge is 0.508 e. The lowest BCUT2D eigenvalue weighted by atomic mass is 10.1. The fraction of sp³-hybridized carbons (Fsp3) is 0.188. The molecule has 0 bridgehead atoms. The van der Waals surface area contributed by atoms with Crippen LogP contribution in [0.25, 0.3) is 0 Å². The van der Waals surface area contributed by atoms with Crippen LogP contribution in [0.4, 0.5) is 4.39 Å². The number of amides is 1. The third-order valence-corrected chi connectivity index (χ3v) is 3.47. The minimum Gasteiger partial charge on any atom is -0.508 e. The minimum atomic E-state index is -0.513. The van der Waals surface area contributed by atoms with Gasteiger partial charge in [0.05, 0.1) is 11.6 Å². The number of phenols is 2. The van der Waals surface area contributed by atoms with Crippen molar-refractivity contribution in [3.63, 3.8) is 0 Å². The average Bonchev–Trinajstić information content (AvgIpc) is 2.48. The van der Waals surface area contributed by atoms with Crippen LogP contribution in [0.2, 0.25) is 0 Å². The Hall–Kier alpha value is -2.56. The van der Waals surface area contributed by atoms with Crippen molar-refractivity contribution in [1.82, 2.24) is 4.90 Å².